The maximum Gasteiger partial charge on any atom is 0.330 e. The van der Waals surface area contributed by atoms with Gasteiger partial charge in [0.05, 0.1) is 11.4 Å². The third kappa shape index (κ3) is 3.56. The number of hydrogen-bond donors (Lipinski definition) is 2. The molecular weight excluding hydrogens is 364 g/mol. The van der Waals surface area contributed by atoms with Crippen molar-refractivity contribution in [1.29, 1.82) is 0 Å². The van der Waals surface area contributed by atoms with Crippen LogP contribution < -0.4 is 21.9 Å². The number of carbonyl (C=O) groups excluding carboxylic acids is 1. The van der Waals surface area contributed by atoms with E-state index in [-0.39, 0.29) is 24.0 Å². The normalized spacial score (nSPS) is 10.8. The Morgan fingerprint density at radius 3 is 2.48 bits per heavy atom. The van der Waals surface area contributed by atoms with Crippen molar-refractivity contribution >= 4 is 28.7 Å². The van der Waals surface area contributed by atoms with E-state index in [0.29, 0.717) is 4.88 Å². The first-order chi connectivity index (χ1) is 12.8. The van der Waals surface area contributed by atoms with Gasteiger partial charge in [-0.25, -0.2) is 4.79 Å². The molecule has 8 heteroatoms. The fourth-order valence-corrected chi connectivity index (χ4v) is 3.78. The first-order valence-corrected chi connectivity index (χ1v) is 9.13. The molecule has 3 rings (SSSR count). The van der Waals surface area contributed by atoms with Crippen LogP contribution in [-0.2, 0) is 6.54 Å². The lowest BCUT2D eigenvalue weighted by atomic mass is 10.2. The lowest BCUT2D eigenvalue weighted by Gasteiger charge is -2.20. The fraction of sp³-hybridized carbons (Fsp3) is 0.211. The number of nitrogens with zero attached hydrogens (tertiary/aromatic N) is 2. The van der Waals surface area contributed by atoms with Crippen molar-refractivity contribution in [3.63, 3.8) is 0 Å². The monoisotopic (exact) mass is 384 g/mol. The maximum absolute atomic E-state index is 12.8. The number of benzene rings is 1. The number of aryl methyl sites for hydroxylation is 2. The Kier molecular flexibility index (Phi) is 5.00. The lowest BCUT2D eigenvalue weighted by molar-refractivity contribution is 0.0996. The highest BCUT2D eigenvalue weighted by Gasteiger charge is 2.23. The predicted octanol–water partition coefficient (Wildman–Crippen LogP) is 2.12. The molecule has 0 aliphatic carbocycles. The van der Waals surface area contributed by atoms with Crippen molar-refractivity contribution < 1.29 is 4.79 Å². The van der Waals surface area contributed by atoms with Crippen molar-refractivity contribution in [2.24, 2.45) is 0 Å². The van der Waals surface area contributed by atoms with Crippen molar-refractivity contribution in [2.45, 2.75) is 20.4 Å². The van der Waals surface area contributed by atoms with Crippen molar-refractivity contribution in [2.75, 3.05) is 17.7 Å². The summed E-state index contributed by atoms with van der Waals surface area (Å²) in [5.41, 5.74) is 6.64. The molecule has 0 radical (unpaired) electrons. The van der Waals surface area contributed by atoms with Crippen molar-refractivity contribution in [1.82, 2.24) is 9.55 Å². The number of nitrogens with one attached hydrogen (secondary N) is 1. The summed E-state index contributed by atoms with van der Waals surface area (Å²) in [4.78, 5) is 42.4. The zero-order valence-corrected chi connectivity index (χ0v) is 16.1. The van der Waals surface area contributed by atoms with Gasteiger partial charge in [0.25, 0.3) is 11.5 Å². The van der Waals surface area contributed by atoms with Crippen LogP contribution in [0.4, 0.5) is 11.5 Å². The van der Waals surface area contributed by atoms with E-state index in [1.165, 1.54) is 27.9 Å². The summed E-state index contributed by atoms with van der Waals surface area (Å²) < 4.78 is 1.25. The Labute approximate surface area is 159 Å². The van der Waals surface area contributed by atoms with Crippen molar-refractivity contribution in [3.05, 3.63) is 78.1 Å². The van der Waals surface area contributed by atoms with Gasteiger partial charge in [0, 0.05) is 11.9 Å². The van der Waals surface area contributed by atoms with Crippen LogP contribution in [0.15, 0.2) is 46.0 Å². The Morgan fingerprint density at radius 1 is 1.22 bits per heavy atom. The number of anilines is 2. The third-order valence-electron chi connectivity index (χ3n) is 4.41. The molecule has 0 bridgehead atoms. The second-order valence-electron chi connectivity index (χ2n) is 6.28. The molecular formula is C19H20N4O3S. The van der Waals surface area contributed by atoms with E-state index in [1.54, 1.807) is 6.07 Å². The molecule has 1 aromatic carbocycles. The van der Waals surface area contributed by atoms with Crippen LogP contribution in [0.3, 0.4) is 0 Å². The number of carbonyl (C=O) groups is 1. The molecule has 0 spiro atoms. The smallest absolute Gasteiger partial charge is 0.330 e. The number of aromatic amines is 1. The van der Waals surface area contributed by atoms with E-state index in [0.717, 1.165) is 16.0 Å². The summed E-state index contributed by atoms with van der Waals surface area (Å²) in [5.74, 6) is -0.397. The first kappa shape index (κ1) is 18.7. The Hall–Kier alpha value is -3.13. The van der Waals surface area contributed by atoms with Crippen LogP contribution in [0.5, 0.6) is 0 Å². The maximum atomic E-state index is 12.8. The third-order valence-corrected chi connectivity index (χ3v) is 5.55. The van der Waals surface area contributed by atoms with Gasteiger partial charge in [-0.05, 0) is 31.0 Å². The van der Waals surface area contributed by atoms with E-state index < -0.39 is 11.2 Å². The second-order valence-corrected chi connectivity index (χ2v) is 7.54. The van der Waals surface area contributed by atoms with Gasteiger partial charge in [0.1, 0.15) is 5.82 Å². The fourth-order valence-electron chi connectivity index (χ4n) is 2.77. The highest BCUT2D eigenvalue weighted by Crippen LogP contribution is 2.24. The Morgan fingerprint density at radius 2 is 1.89 bits per heavy atom. The molecule has 140 valence electrons. The van der Waals surface area contributed by atoms with Gasteiger partial charge in [-0.3, -0.25) is 19.1 Å². The average Bonchev–Trinajstić information content (AvgIpc) is 2.97. The van der Waals surface area contributed by atoms with E-state index in [1.807, 2.05) is 44.2 Å². The molecule has 1 amide bonds. The van der Waals surface area contributed by atoms with Crippen molar-refractivity contribution in [3.8, 4) is 0 Å². The minimum Gasteiger partial charge on any atom is -0.383 e. The standard InChI is InChI=1S/C19H20N4O3S/c1-11-9-14(27-12(11)2)18(25)22(3)15-16(20)23(19(26)21-17(15)24)10-13-7-5-4-6-8-13/h4-9H,10,20H2,1-3H3,(H,21,24,26). The zero-order chi connectivity index (χ0) is 19.7. The van der Waals surface area contributed by atoms with Crippen LogP contribution in [0.2, 0.25) is 0 Å². The number of H-pyrrole nitrogens is 1. The number of thiophene rings is 1. The van der Waals surface area contributed by atoms with Gasteiger partial charge in [-0.2, -0.15) is 0 Å². The van der Waals surface area contributed by atoms with Crippen LogP contribution >= 0.6 is 11.3 Å². The van der Waals surface area contributed by atoms with Gasteiger partial charge in [-0.15, -0.1) is 11.3 Å². The minimum atomic E-state index is -0.692. The van der Waals surface area contributed by atoms with Crippen LogP contribution in [0.1, 0.15) is 25.7 Å². The van der Waals surface area contributed by atoms with E-state index in [9.17, 15) is 14.4 Å². The molecule has 3 aromatic rings. The number of amides is 1. The predicted molar refractivity (Wildman–Crippen MR) is 108 cm³/mol. The van der Waals surface area contributed by atoms with Gasteiger partial charge >= 0.3 is 5.69 Å². The zero-order valence-electron chi connectivity index (χ0n) is 15.3. The Bertz CT molecular complexity index is 1090. The van der Waals surface area contributed by atoms with Crippen LogP contribution in [-0.4, -0.2) is 22.5 Å². The molecule has 0 unspecified atom stereocenters. The number of aromatic nitrogens is 2. The molecule has 0 saturated carbocycles. The number of hydrogen-bond acceptors (Lipinski definition) is 5. The number of nitrogen functional groups attached to an aromatic ring is 1. The largest absolute Gasteiger partial charge is 0.383 e. The summed E-state index contributed by atoms with van der Waals surface area (Å²) in [5, 5.41) is 0. The number of nitrogens with two attached hydrogens (primary N) is 1. The molecule has 0 saturated heterocycles. The van der Waals surface area contributed by atoms with Gasteiger partial charge < -0.3 is 10.6 Å². The number of rotatable bonds is 4. The highest BCUT2D eigenvalue weighted by atomic mass is 32.1. The molecule has 2 aromatic heterocycles. The summed E-state index contributed by atoms with van der Waals surface area (Å²) in [7, 11) is 1.48. The van der Waals surface area contributed by atoms with Gasteiger partial charge in [0.15, 0.2) is 5.69 Å². The molecule has 27 heavy (non-hydrogen) atoms. The molecule has 3 N–H and O–H groups in total. The Balaban J connectivity index is 2.04. The molecule has 0 atom stereocenters. The summed E-state index contributed by atoms with van der Waals surface area (Å²) >= 11 is 1.35. The van der Waals surface area contributed by atoms with E-state index >= 15 is 0 Å². The van der Waals surface area contributed by atoms with E-state index in [4.69, 9.17) is 5.73 Å². The first-order valence-electron chi connectivity index (χ1n) is 8.31. The van der Waals surface area contributed by atoms with Crippen LogP contribution in [0, 0.1) is 13.8 Å². The molecule has 2 heterocycles. The molecule has 0 aliphatic heterocycles. The van der Waals surface area contributed by atoms with E-state index in [2.05, 4.69) is 4.98 Å². The molecule has 0 fully saturated rings. The molecule has 0 aliphatic rings. The van der Waals surface area contributed by atoms with Gasteiger partial charge in [-0.1, -0.05) is 30.3 Å². The van der Waals surface area contributed by atoms with Gasteiger partial charge in [0.2, 0.25) is 0 Å². The summed E-state index contributed by atoms with van der Waals surface area (Å²) in [6.45, 7) is 4.04. The summed E-state index contributed by atoms with van der Waals surface area (Å²) in [6.07, 6.45) is 0. The summed E-state index contributed by atoms with van der Waals surface area (Å²) in [6, 6.07) is 11.0. The second kappa shape index (κ2) is 7.24. The minimum absolute atomic E-state index is 0.0424. The highest BCUT2D eigenvalue weighted by molar-refractivity contribution is 7.14. The SMILES string of the molecule is Cc1cc(C(=O)N(C)c2c(N)n(Cc3ccccc3)c(=O)[nH]c2=O)sc1C. The topological polar surface area (TPSA) is 101 Å². The average molecular weight is 384 g/mol. The van der Waals surface area contributed by atoms with Crippen LogP contribution in [0.25, 0.3) is 0 Å². The lowest BCUT2D eigenvalue weighted by Crippen LogP contribution is -2.39. The molecule has 7 nitrogen and oxygen atoms in total. The quantitative estimate of drug-likeness (QED) is 0.719.